The predicted molar refractivity (Wildman–Crippen MR) is 65.8 cm³/mol. The molecule has 102 valence electrons. The summed E-state index contributed by atoms with van der Waals surface area (Å²) in [6.07, 6.45) is -6.87. The largest absolute Gasteiger partial charge is 0.417 e. The van der Waals surface area contributed by atoms with Crippen LogP contribution in [0.1, 0.15) is 23.7 Å². The van der Waals surface area contributed by atoms with Gasteiger partial charge in [-0.05, 0) is 24.1 Å². The Morgan fingerprint density at radius 3 is 2.39 bits per heavy atom. The van der Waals surface area contributed by atoms with Gasteiger partial charge in [-0.15, -0.1) is 0 Å². The number of aliphatic hydroxyl groups excluding tert-OH is 2. The minimum absolute atomic E-state index is 0.0137. The Balaban J connectivity index is 3.05. The number of hydrogen-bond donors (Lipinski definition) is 2. The van der Waals surface area contributed by atoms with E-state index >= 15 is 0 Å². The molecule has 2 N–H and O–H groups in total. The Labute approximate surface area is 116 Å². The fraction of sp³-hybridized carbons (Fsp3) is 0.455. The topological polar surface area (TPSA) is 40.5 Å². The van der Waals surface area contributed by atoms with Crippen molar-refractivity contribution in [1.29, 1.82) is 0 Å². The summed E-state index contributed by atoms with van der Waals surface area (Å²) < 4.78 is 37.8. The molecule has 1 aromatic carbocycles. The van der Waals surface area contributed by atoms with E-state index < -0.39 is 29.0 Å². The highest BCUT2D eigenvalue weighted by atomic mass is 79.9. The quantitative estimate of drug-likeness (QED) is 0.818. The number of rotatable bonds is 4. The SMILES string of the molecule is OC(CCBr)C(O)c1ccc(Cl)c(C(F)(F)F)c1. The first-order chi connectivity index (χ1) is 8.27. The van der Waals surface area contributed by atoms with E-state index in [1.165, 1.54) is 6.07 Å². The highest BCUT2D eigenvalue weighted by Crippen LogP contribution is 2.36. The molecule has 1 aromatic rings. The maximum Gasteiger partial charge on any atom is 0.417 e. The molecule has 0 aliphatic heterocycles. The molecule has 0 aromatic heterocycles. The third-order valence-corrected chi connectivity index (χ3v) is 3.19. The van der Waals surface area contributed by atoms with Crippen LogP contribution in [0.5, 0.6) is 0 Å². The molecular formula is C11H11BrClF3O2. The average Bonchev–Trinajstić information content (AvgIpc) is 2.27. The van der Waals surface area contributed by atoms with Gasteiger partial charge in [0.15, 0.2) is 0 Å². The van der Waals surface area contributed by atoms with Crippen molar-refractivity contribution >= 4 is 27.5 Å². The van der Waals surface area contributed by atoms with E-state index in [1.807, 2.05) is 0 Å². The summed E-state index contributed by atoms with van der Waals surface area (Å²) in [7, 11) is 0. The van der Waals surface area contributed by atoms with E-state index in [1.54, 1.807) is 0 Å². The zero-order chi connectivity index (χ0) is 13.9. The molecule has 0 saturated heterocycles. The van der Waals surface area contributed by atoms with Crippen LogP contribution in [0.15, 0.2) is 18.2 Å². The molecule has 0 radical (unpaired) electrons. The van der Waals surface area contributed by atoms with Gasteiger partial charge < -0.3 is 10.2 Å². The van der Waals surface area contributed by atoms with Crippen LogP contribution in [0.25, 0.3) is 0 Å². The molecule has 2 unspecified atom stereocenters. The van der Waals surface area contributed by atoms with E-state index in [2.05, 4.69) is 15.9 Å². The van der Waals surface area contributed by atoms with Crippen LogP contribution >= 0.6 is 27.5 Å². The predicted octanol–water partition coefficient (Wildman–Crippen LogP) is 3.54. The van der Waals surface area contributed by atoms with Crippen LogP contribution in [0.2, 0.25) is 5.02 Å². The third-order valence-electron chi connectivity index (χ3n) is 2.41. The highest BCUT2D eigenvalue weighted by molar-refractivity contribution is 9.09. The van der Waals surface area contributed by atoms with E-state index in [9.17, 15) is 23.4 Å². The molecule has 2 atom stereocenters. The highest BCUT2D eigenvalue weighted by Gasteiger charge is 2.34. The first kappa shape index (κ1) is 15.8. The van der Waals surface area contributed by atoms with Crippen molar-refractivity contribution < 1.29 is 23.4 Å². The Hall–Kier alpha value is -0.300. The second-order valence-electron chi connectivity index (χ2n) is 3.73. The lowest BCUT2D eigenvalue weighted by Gasteiger charge is -2.19. The fourth-order valence-corrected chi connectivity index (χ4v) is 2.13. The number of benzene rings is 1. The van der Waals surface area contributed by atoms with Crippen LogP contribution in [0.3, 0.4) is 0 Å². The number of halogens is 5. The van der Waals surface area contributed by atoms with Gasteiger partial charge in [0.05, 0.1) is 16.7 Å². The molecule has 0 aliphatic carbocycles. The minimum Gasteiger partial charge on any atom is -0.390 e. The second kappa shape index (κ2) is 6.23. The lowest BCUT2D eigenvalue weighted by atomic mass is 10.0. The molecule has 0 amide bonds. The van der Waals surface area contributed by atoms with Gasteiger partial charge in [0, 0.05) is 5.33 Å². The van der Waals surface area contributed by atoms with Gasteiger partial charge >= 0.3 is 6.18 Å². The molecule has 0 aliphatic rings. The molecule has 0 fully saturated rings. The van der Waals surface area contributed by atoms with Crippen molar-refractivity contribution in [3.63, 3.8) is 0 Å². The lowest BCUT2D eigenvalue weighted by Crippen LogP contribution is -2.19. The van der Waals surface area contributed by atoms with Crippen molar-refractivity contribution in [2.24, 2.45) is 0 Å². The smallest absolute Gasteiger partial charge is 0.390 e. The first-order valence-corrected chi connectivity index (χ1v) is 6.56. The van der Waals surface area contributed by atoms with Crippen molar-refractivity contribution in [3.05, 3.63) is 34.3 Å². The van der Waals surface area contributed by atoms with E-state index in [0.717, 1.165) is 12.1 Å². The van der Waals surface area contributed by atoms with Crippen molar-refractivity contribution in [1.82, 2.24) is 0 Å². The monoisotopic (exact) mass is 346 g/mol. The van der Waals surface area contributed by atoms with Gasteiger partial charge in [0.1, 0.15) is 6.10 Å². The summed E-state index contributed by atoms with van der Waals surface area (Å²) in [5, 5.41) is 19.3. The average molecular weight is 348 g/mol. The Morgan fingerprint density at radius 2 is 1.89 bits per heavy atom. The summed E-state index contributed by atoms with van der Waals surface area (Å²) in [6, 6.07) is 3.08. The van der Waals surface area contributed by atoms with Crippen LogP contribution in [0, 0.1) is 0 Å². The summed E-state index contributed by atoms with van der Waals surface area (Å²) in [4.78, 5) is 0. The third kappa shape index (κ3) is 3.85. The maximum absolute atomic E-state index is 12.6. The number of aliphatic hydroxyl groups is 2. The normalized spacial score (nSPS) is 15.5. The summed E-state index contributed by atoms with van der Waals surface area (Å²) in [6.45, 7) is 0. The van der Waals surface area contributed by atoms with Crippen LogP contribution < -0.4 is 0 Å². The van der Waals surface area contributed by atoms with Gasteiger partial charge in [-0.1, -0.05) is 33.6 Å². The van der Waals surface area contributed by atoms with E-state index in [0.29, 0.717) is 5.33 Å². The van der Waals surface area contributed by atoms with Crippen LogP contribution in [-0.2, 0) is 6.18 Å². The minimum atomic E-state index is -4.59. The number of hydrogen-bond acceptors (Lipinski definition) is 2. The van der Waals surface area contributed by atoms with Crippen molar-refractivity contribution in [3.8, 4) is 0 Å². The summed E-state index contributed by atoms with van der Waals surface area (Å²) in [5.41, 5.74) is -1.04. The van der Waals surface area contributed by atoms with Crippen LogP contribution in [-0.4, -0.2) is 21.6 Å². The fourth-order valence-electron chi connectivity index (χ4n) is 1.44. The lowest BCUT2D eigenvalue weighted by molar-refractivity contribution is -0.137. The van der Waals surface area contributed by atoms with E-state index in [-0.39, 0.29) is 12.0 Å². The zero-order valence-electron chi connectivity index (χ0n) is 9.09. The van der Waals surface area contributed by atoms with Gasteiger partial charge in [-0.3, -0.25) is 0 Å². The van der Waals surface area contributed by atoms with Gasteiger partial charge in [0.25, 0.3) is 0 Å². The Bertz CT molecular complexity index is 412. The molecule has 0 saturated carbocycles. The Kier molecular flexibility index (Phi) is 5.46. The molecule has 0 spiro atoms. The molecular weight excluding hydrogens is 336 g/mol. The van der Waals surface area contributed by atoms with Gasteiger partial charge in [-0.25, -0.2) is 0 Å². The maximum atomic E-state index is 12.6. The zero-order valence-corrected chi connectivity index (χ0v) is 11.4. The molecule has 2 nitrogen and oxygen atoms in total. The van der Waals surface area contributed by atoms with E-state index in [4.69, 9.17) is 11.6 Å². The Morgan fingerprint density at radius 1 is 1.28 bits per heavy atom. The van der Waals surface area contributed by atoms with Crippen molar-refractivity contribution in [2.45, 2.75) is 24.8 Å². The second-order valence-corrected chi connectivity index (χ2v) is 4.93. The summed E-state index contributed by atoms with van der Waals surface area (Å²) >= 11 is 8.53. The van der Waals surface area contributed by atoms with Gasteiger partial charge in [-0.2, -0.15) is 13.2 Å². The van der Waals surface area contributed by atoms with Crippen LogP contribution in [0.4, 0.5) is 13.2 Å². The standard InChI is InChI=1S/C11H11BrClF3O2/c12-4-3-9(17)10(18)6-1-2-8(13)7(5-6)11(14,15)16/h1-2,5,9-10,17-18H,3-4H2. The number of alkyl halides is 4. The molecule has 7 heteroatoms. The van der Waals surface area contributed by atoms with Gasteiger partial charge in [0.2, 0.25) is 0 Å². The molecule has 0 bridgehead atoms. The molecule has 18 heavy (non-hydrogen) atoms. The molecule has 1 rings (SSSR count). The summed E-state index contributed by atoms with van der Waals surface area (Å²) in [5.74, 6) is 0. The molecule has 0 heterocycles. The van der Waals surface area contributed by atoms with Crippen molar-refractivity contribution in [2.75, 3.05) is 5.33 Å². The first-order valence-electron chi connectivity index (χ1n) is 5.06.